The molecule has 0 aliphatic carbocycles. The average molecular weight is 302 g/mol. The Bertz CT molecular complexity index is 586. The van der Waals surface area contributed by atoms with Crippen LogP contribution in [-0.4, -0.2) is 35.9 Å². The Morgan fingerprint density at radius 1 is 1.43 bits per heavy atom. The SMILES string of the molecule is CN1CCN=C1NCc1cc([N+](=O)[O-])cc(C(F)(F)F)c1. The van der Waals surface area contributed by atoms with Crippen LogP contribution in [0.1, 0.15) is 11.1 Å². The molecule has 0 aromatic heterocycles. The molecule has 1 aromatic carbocycles. The number of hydrogen-bond donors (Lipinski definition) is 1. The third-order valence-electron chi connectivity index (χ3n) is 3.02. The quantitative estimate of drug-likeness (QED) is 0.685. The maximum absolute atomic E-state index is 12.7. The minimum absolute atomic E-state index is 0.0356. The number of benzene rings is 1. The molecule has 1 N–H and O–H groups in total. The van der Waals surface area contributed by atoms with Gasteiger partial charge in [0, 0.05) is 32.3 Å². The molecule has 1 aliphatic heterocycles. The highest BCUT2D eigenvalue weighted by atomic mass is 19.4. The first-order valence-electron chi connectivity index (χ1n) is 6.12. The zero-order valence-corrected chi connectivity index (χ0v) is 11.1. The first-order chi connectivity index (χ1) is 9.77. The standard InChI is InChI=1S/C12H13F3N4O2/c1-18-3-2-16-11(18)17-7-8-4-9(12(13,14)15)6-10(5-8)19(20)21/h4-6H,2-3,7H2,1H3,(H,16,17). The third-order valence-corrected chi connectivity index (χ3v) is 3.02. The van der Waals surface area contributed by atoms with Gasteiger partial charge in [-0.25, -0.2) is 0 Å². The number of nitro benzene ring substituents is 1. The molecule has 0 atom stereocenters. The molecule has 0 bridgehead atoms. The van der Waals surface area contributed by atoms with Gasteiger partial charge in [-0.3, -0.25) is 15.1 Å². The highest BCUT2D eigenvalue weighted by Crippen LogP contribution is 2.32. The Labute approximate surface area is 118 Å². The minimum Gasteiger partial charge on any atom is -0.352 e. The van der Waals surface area contributed by atoms with Crippen LogP contribution in [0.3, 0.4) is 0 Å². The van der Waals surface area contributed by atoms with Gasteiger partial charge >= 0.3 is 6.18 Å². The zero-order valence-electron chi connectivity index (χ0n) is 11.1. The molecule has 0 radical (unpaired) electrons. The molecule has 1 aliphatic rings. The molecule has 6 nitrogen and oxygen atoms in total. The second-order valence-corrected chi connectivity index (χ2v) is 4.62. The second kappa shape index (κ2) is 5.58. The summed E-state index contributed by atoms with van der Waals surface area (Å²) < 4.78 is 38.2. The van der Waals surface area contributed by atoms with Crippen molar-refractivity contribution in [2.24, 2.45) is 4.99 Å². The Morgan fingerprint density at radius 3 is 2.67 bits per heavy atom. The number of aliphatic imine (C=N–C) groups is 1. The summed E-state index contributed by atoms with van der Waals surface area (Å²) in [6.45, 7) is 1.38. The summed E-state index contributed by atoms with van der Waals surface area (Å²) in [5, 5.41) is 13.6. The van der Waals surface area contributed by atoms with Gasteiger partial charge in [0.25, 0.3) is 5.69 Å². The van der Waals surface area contributed by atoms with Gasteiger partial charge in [-0.05, 0) is 11.6 Å². The van der Waals surface area contributed by atoms with E-state index in [2.05, 4.69) is 10.3 Å². The predicted octanol–water partition coefficient (Wildman–Crippen LogP) is 2.00. The molecule has 2 rings (SSSR count). The van der Waals surface area contributed by atoms with Crippen molar-refractivity contribution in [1.82, 2.24) is 10.2 Å². The van der Waals surface area contributed by atoms with Crippen LogP contribution in [0.15, 0.2) is 23.2 Å². The van der Waals surface area contributed by atoms with Gasteiger partial charge < -0.3 is 10.2 Å². The number of likely N-dealkylation sites (N-methyl/N-ethyl adjacent to an activating group) is 1. The highest BCUT2D eigenvalue weighted by Gasteiger charge is 2.32. The largest absolute Gasteiger partial charge is 0.416 e. The summed E-state index contributed by atoms with van der Waals surface area (Å²) in [5.41, 5.74) is -1.43. The summed E-state index contributed by atoms with van der Waals surface area (Å²) >= 11 is 0. The molecule has 1 heterocycles. The molecular weight excluding hydrogens is 289 g/mol. The lowest BCUT2D eigenvalue weighted by Gasteiger charge is -2.15. The van der Waals surface area contributed by atoms with E-state index in [9.17, 15) is 23.3 Å². The van der Waals surface area contributed by atoms with Gasteiger partial charge in [0.05, 0.1) is 17.0 Å². The molecule has 9 heteroatoms. The average Bonchev–Trinajstić information content (AvgIpc) is 2.80. The van der Waals surface area contributed by atoms with Crippen LogP contribution in [0.2, 0.25) is 0 Å². The van der Waals surface area contributed by atoms with E-state index in [1.54, 1.807) is 7.05 Å². The fourth-order valence-corrected chi connectivity index (χ4v) is 1.95. The van der Waals surface area contributed by atoms with E-state index < -0.39 is 22.4 Å². The van der Waals surface area contributed by atoms with Crippen molar-refractivity contribution >= 4 is 11.6 Å². The molecule has 0 saturated heterocycles. The van der Waals surface area contributed by atoms with E-state index in [1.807, 2.05) is 4.90 Å². The van der Waals surface area contributed by atoms with Gasteiger partial charge in [0.15, 0.2) is 5.96 Å². The van der Waals surface area contributed by atoms with Crippen molar-refractivity contribution < 1.29 is 18.1 Å². The summed E-state index contributed by atoms with van der Waals surface area (Å²) in [6.07, 6.45) is -4.62. The van der Waals surface area contributed by atoms with Gasteiger partial charge in [-0.1, -0.05) is 0 Å². The van der Waals surface area contributed by atoms with E-state index in [0.29, 0.717) is 18.6 Å². The number of halogens is 3. The van der Waals surface area contributed by atoms with E-state index in [0.717, 1.165) is 18.7 Å². The molecule has 1 aromatic rings. The highest BCUT2D eigenvalue weighted by molar-refractivity contribution is 5.81. The van der Waals surface area contributed by atoms with Gasteiger partial charge in [0.1, 0.15) is 0 Å². The lowest BCUT2D eigenvalue weighted by Crippen LogP contribution is -2.35. The molecule has 21 heavy (non-hydrogen) atoms. The molecule has 0 spiro atoms. The van der Waals surface area contributed by atoms with Crippen molar-refractivity contribution in [3.05, 3.63) is 39.4 Å². The smallest absolute Gasteiger partial charge is 0.352 e. The Morgan fingerprint density at radius 2 is 2.14 bits per heavy atom. The number of rotatable bonds is 3. The first kappa shape index (κ1) is 15.1. The molecule has 0 amide bonds. The second-order valence-electron chi connectivity index (χ2n) is 4.62. The first-order valence-corrected chi connectivity index (χ1v) is 6.12. The van der Waals surface area contributed by atoms with Crippen LogP contribution in [0.5, 0.6) is 0 Å². The molecular formula is C12H13F3N4O2. The Balaban J connectivity index is 2.22. The van der Waals surface area contributed by atoms with Crippen LogP contribution in [0, 0.1) is 10.1 Å². The van der Waals surface area contributed by atoms with Crippen molar-refractivity contribution in [1.29, 1.82) is 0 Å². The number of hydrogen-bond acceptors (Lipinski definition) is 5. The monoisotopic (exact) mass is 302 g/mol. The number of nitro groups is 1. The van der Waals surface area contributed by atoms with Crippen LogP contribution in [0.4, 0.5) is 18.9 Å². The fraction of sp³-hybridized carbons (Fsp3) is 0.417. The van der Waals surface area contributed by atoms with Crippen LogP contribution in [0.25, 0.3) is 0 Å². The summed E-state index contributed by atoms with van der Waals surface area (Å²) in [5.74, 6) is 0.565. The molecule has 0 unspecified atom stereocenters. The van der Waals surface area contributed by atoms with Gasteiger partial charge in [-0.15, -0.1) is 0 Å². The van der Waals surface area contributed by atoms with Gasteiger partial charge in [-0.2, -0.15) is 13.2 Å². The zero-order chi connectivity index (χ0) is 15.6. The fourth-order valence-electron chi connectivity index (χ4n) is 1.95. The topological polar surface area (TPSA) is 70.8 Å². The maximum Gasteiger partial charge on any atom is 0.416 e. The van der Waals surface area contributed by atoms with E-state index in [4.69, 9.17) is 0 Å². The van der Waals surface area contributed by atoms with E-state index >= 15 is 0 Å². The van der Waals surface area contributed by atoms with Crippen molar-refractivity contribution in [3.8, 4) is 0 Å². The third kappa shape index (κ3) is 3.61. The summed E-state index contributed by atoms with van der Waals surface area (Å²) in [4.78, 5) is 15.9. The summed E-state index contributed by atoms with van der Waals surface area (Å²) in [7, 11) is 1.80. The number of alkyl halides is 3. The molecule has 0 saturated carbocycles. The lowest BCUT2D eigenvalue weighted by atomic mass is 10.1. The number of nitrogens with one attached hydrogen (secondary N) is 1. The molecule has 114 valence electrons. The van der Waals surface area contributed by atoms with E-state index in [-0.39, 0.29) is 12.1 Å². The number of non-ortho nitro benzene ring substituents is 1. The van der Waals surface area contributed by atoms with E-state index in [1.165, 1.54) is 0 Å². The summed E-state index contributed by atoms with van der Waals surface area (Å²) in [6, 6.07) is 2.55. The molecule has 0 fully saturated rings. The Hall–Kier alpha value is -2.32. The van der Waals surface area contributed by atoms with Crippen molar-refractivity contribution in [3.63, 3.8) is 0 Å². The lowest BCUT2D eigenvalue weighted by molar-refractivity contribution is -0.385. The van der Waals surface area contributed by atoms with Gasteiger partial charge in [0.2, 0.25) is 0 Å². The van der Waals surface area contributed by atoms with Crippen LogP contribution >= 0.6 is 0 Å². The number of nitrogens with zero attached hydrogens (tertiary/aromatic N) is 3. The van der Waals surface area contributed by atoms with Crippen molar-refractivity contribution in [2.45, 2.75) is 12.7 Å². The minimum atomic E-state index is -4.62. The maximum atomic E-state index is 12.7. The Kier molecular flexibility index (Phi) is 4.01. The number of guanidine groups is 1. The predicted molar refractivity (Wildman–Crippen MR) is 69.9 cm³/mol. The van der Waals surface area contributed by atoms with Crippen LogP contribution < -0.4 is 5.32 Å². The van der Waals surface area contributed by atoms with Crippen LogP contribution in [-0.2, 0) is 12.7 Å². The normalized spacial score (nSPS) is 15.0. The van der Waals surface area contributed by atoms with Crippen molar-refractivity contribution in [2.75, 3.05) is 20.1 Å².